The number of aliphatic hydroxyl groups excluding tert-OH is 3. The first-order chi connectivity index (χ1) is 10.6. The van der Waals surface area contributed by atoms with E-state index in [4.69, 9.17) is 4.74 Å². The molecule has 3 N–H and O–H groups in total. The van der Waals surface area contributed by atoms with Gasteiger partial charge in [0.25, 0.3) is 0 Å². The standard InChI is InChI=1S/C13H14N4O4S/c1-22-12-8-6(2-14)3-17(11(8)15-5-16-12)13-10(20)9(19)7(4-18)21-13/h3,5,7,9-10,13,18-20H,4H2,1H3. The van der Waals surface area contributed by atoms with E-state index in [9.17, 15) is 20.6 Å². The summed E-state index contributed by atoms with van der Waals surface area (Å²) < 4.78 is 7.00. The molecule has 0 spiro atoms. The number of aromatic nitrogens is 3. The summed E-state index contributed by atoms with van der Waals surface area (Å²) in [6.45, 7) is -0.413. The fraction of sp³-hybridized carbons (Fsp3) is 0.462. The molecule has 1 fully saturated rings. The van der Waals surface area contributed by atoms with Crippen molar-refractivity contribution in [2.24, 2.45) is 0 Å². The Kier molecular flexibility index (Phi) is 4.03. The van der Waals surface area contributed by atoms with Crippen molar-refractivity contribution in [3.05, 3.63) is 18.1 Å². The molecule has 0 radical (unpaired) electrons. The lowest BCUT2D eigenvalue weighted by molar-refractivity contribution is -0.0508. The molecule has 3 heterocycles. The van der Waals surface area contributed by atoms with Gasteiger partial charge in [0.1, 0.15) is 41.4 Å². The molecule has 9 heteroatoms. The van der Waals surface area contributed by atoms with Crippen molar-refractivity contribution in [3.63, 3.8) is 0 Å². The van der Waals surface area contributed by atoms with Crippen LogP contribution in [0.4, 0.5) is 0 Å². The summed E-state index contributed by atoms with van der Waals surface area (Å²) in [4.78, 5) is 8.30. The van der Waals surface area contributed by atoms with Gasteiger partial charge in [-0.2, -0.15) is 5.26 Å². The Morgan fingerprint density at radius 1 is 1.41 bits per heavy atom. The van der Waals surface area contributed by atoms with E-state index in [0.29, 0.717) is 21.6 Å². The Balaban J connectivity index is 2.15. The average molecular weight is 322 g/mol. The first kappa shape index (κ1) is 15.2. The topological polar surface area (TPSA) is 124 Å². The van der Waals surface area contributed by atoms with Crippen molar-refractivity contribution < 1.29 is 20.1 Å². The maximum absolute atomic E-state index is 10.1. The predicted molar refractivity (Wildman–Crippen MR) is 77.0 cm³/mol. The minimum Gasteiger partial charge on any atom is -0.394 e. The van der Waals surface area contributed by atoms with Gasteiger partial charge in [-0.25, -0.2) is 9.97 Å². The van der Waals surface area contributed by atoms with Crippen LogP contribution >= 0.6 is 11.8 Å². The molecule has 22 heavy (non-hydrogen) atoms. The molecule has 1 aliphatic rings. The Hall–Kier alpha value is -1.70. The van der Waals surface area contributed by atoms with Gasteiger partial charge in [-0.15, -0.1) is 11.8 Å². The van der Waals surface area contributed by atoms with E-state index in [1.54, 1.807) is 0 Å². The first-order valence-corrected chi connectivity index (χ1v) is 7.77. The molecule has 4 unspecified atom stereocenters. The van der Waals surface area contributed by atoms with Gasteiger partial charge in [0.15, 0.2) is 6.23 Å². The zero-order chi connectivity index (χ0) is 15.9. The number of nitrogens with zero attached hydrogens (tertiary/aromatic N) is 4. The number of aliphatic hydroxyl groups is 3. The number of hydrogen-bond acceptors (Lipinski definition) is 8. The van der Waals surface area contributed by atoms with E-state index in [1.165, 1.54) is 28.9 Å². The van der Waals surface area contributed by atoms with E-state index in [0.717, 1.165) is 0 Å². The van der Waals surface area contributed by atoms with Crippen LogP contribution in [0.1, 0.15) is 11.8 Å². The van der Waals surface area contributed by atoms with Crippen LogP contribution in [0.5, 0.6) is 0 Å². The highest BCUT2D eigenvalue weighted by molar-refractivity contribution is 7.98. The van der Waals surface area contributed by atoms with Crippen LogP contribution in [0, 0.1) is 11.3 Å². The summed E-state index contributed by atoms with van der Waals surface area (Å²) >= 11 is 1.38. The summed E-state index contributed by atoms with van der Waals surface area (Å²) in [5, 5.41) is 39.7. The SMILES string of the molecule is CSc1ncnc2c1c(C#N)cn2C1OC(CO)C(O)C1O. The van der Waals surface area contributed by atoms with Crippen LogP contribution in [0.25, 0.3) is 11.0 Å². The Labute approximate surface area is 130 Å². The van der Waals surface area contributed by atoms with Gasteiger partial charge in [0, 0.05) is 6.20 Å². The van der Waals surface area contributed by atoms with Crippen LogP contribution in [-0.4, -0.2) is 61.0 Å². The highest BCUT2D eigenvalue weighted by Gasteiger charge is 2.44. The lowest BCUT2D eigenvalue weighted by Crippen LogP contribution is -2.33. The van der Waals surface area contributed by atoms with Crippen LogP contribution < -0.4 is 0 Å². The molecule has 2 aromatic rings. The van der Waals surface area contributed by atoms with Crippen LogP contribution in [0.2, 0.25) is 0 Å². The van der Waals surface area contributed by atoms with E-state index < -0.39 is 31.1 Å². The van der Waals surface area contributed by atoms with Crippen molar-refractivity contribution >= 4 is 22.8 Å². The molecule has 3 rings (SSSR count). The molecule has 0 aromatic carbocycles. The predicted octanol–water partition coefficient (Wildman–Crippen LogP) is -0.364. The highest BCUT2D eigenvalue weighted by Crippen LogP contribution is 2.35. The summed E-state index contributed by atoms with van der Waals surface area (Å²) in [5.41, 5.74) is 0.795. The molecule has 0 aliphatic carbocycles. The van der Waals surface area contributed by atoms with Gasteiger partial charge >= 0.3 is 0 Å². The van der Waals surface area contributed by atoms with Crippen LogP contribution in [0.3, 0.4) is 0 Å². The van der Waals surface area contributed by atoms with Crippen molar-refractivity contribution in [1.29, 1.82) is 5.26 Å². The Morgan fingerprint density at radius 2 is 2.18 bits per heavy atom. The summed E-state index contributed by atoms with van der Waals surface area (Å²) in [6.07, 6.45) is 0.470. The molecule has 1 saturated heterocycles. The summed E-state index contributed by atoms with van der Waals surface area (Å²) in [6, 6.07) is 2.08. The van der Waals surface area contributed by atoms with Gasteiger partial charge in [-0.3, -0.25) is 0 Å². The van der Waals surface area contributed by atoms with Gasteiger partial charge in [-0.1, -0.05) is 0 Å². The third-order valence-corrected chi connectivity index (χ3v) is 4.38. The molecule has 4 atom stereocenters. The zero-order valence-corrected chi connectivity index (χ0v) is 12.4. The first-order valence-electron chi connectivity index (χ1n) is 6.54. The van der Waals surface area contributed by atoms with Gasteiger partial charge < -0.3 is 24.6 Å². The second-order valence-electron chi connectivity index (χ2n) is 4.87. The monoisotopic (exact) mass is 322 g/mol. The summed E-state index contributed by atoms with van der Waals surface area (Å²) in [5.74, 6) is 0. The normalized spacial score (nSPS) is 28.1. The quantitative estimate of drug-likeness (QED) is 0.517. The number of nitriles is 1. The number of ether oxygens (including phenoxy) is 1. The molecule has 0 saturated carbocycles. The minimum atomic E-state index is -1.23. The maximum Gasteiger partial charge on any atom is 0.164 e. The maximum atomic E-state index is 10.1. The number of thioether (sulfide) groups is 1. The Morgan fingerprint density at radius 3 is 2.77 bits per heavy atom. The molecule has 116 valence electrons. The lowest BCUT2D eigenvalue weighted by Gasteiger charge is -2.17. The van der Waals surface area contributed by atoms with Crippen molar-refractivity contribution in [3.8, 4) is 6.07 Å². The molecule has 0 amide bonds. The molecular weight excluding hydrogens is 308 g/mol. The molecule has 0 bridgehead atoms. The smallest absolute Gasteiger partial charge is 0.164 e. The molecular formula is C13H14N4O4S. The minimum absolute atomic E-state index is 0.359. The number of hydrogen-bond donors (Lipinski definition) is 3. The van der Waals surface area contributed by atoms with Gasteiger partial charge in [0.05, 0.1) is 17.6 Å². The fourth-order valence-electron chi connectivity index (χ4n) is 2.60. The van der Waals surface area contributed by atoms with Gasteiger partial charge in [0.2, 0.25) is 0 Å². The molecule has 2 aromatic heterocycles. The number of rotatable bonds is 3. The third-order valence-electron chi connectivity index (χ3n) is 3.68. The lowest BCUT2D eigenvalue weighted by atomic mass is 10.1. The molecule has 1 aliphatic heterocycles. The largest absolute Gasteiger partial charge is 0.394 e. The fourth-order valence-corrected chi connectivity index (χ4v) is 3.16. The van der Waals surface area contributed by atoms with Crippen molar-refractivity contribution in [2.45, 2.75) is 29.6 Å². The zero-order valence-electron chi connectivity index (χ0n) is 11.6. The van der Waals surface area contributed by atoms with Crippen molar-refractivity contribution in [2.75, 3.05) is 12.9 Å². The van der Waals surface area contributed by atoms with E-state index >= 15 is 0 Å². The average Bonchev–Trinajstić information content (AvgIpc) is 3.06. The second kappa shape index (κ2) is 5.83. The second-order valence-corrected chi connectivity index (χ2v) is 5.67. The van der Waals surface area contributed by atoms with E-state index in [2.05, 4.69) is 16.0 Å². The van der Waals surface area contributed by atoms with Gasteiger partial charge in [-0.05, 0) is 6.26 Å². The van der Waals surface area contributed by atoms with Crippen LogP contribution in [-0.2, 0) is 4.74 Å². The van der Waals surface area contributed by atoms with Crippen LogP contribution in [0.15, 0.2) is 17.6 Å². The third kappa shape index (κ3) is 2.16. The highest BCUT2D eigenvalue weighted by atomic mass is 32.2. The molecule has 8 nitrogen and oxygen atoms in total. The number of fused-ring (bicyclic) bond motifs is 1. The summed E-state index contributed by atoms with van der Waals surface area (Å²) in [7, 11) is 0. The van der Waals surface area contributed by atoms with E-state index in [-0.39, 0.29) is 0 Å². The van der Waals surface area contributed by atoms with E-state index in [1.807, 2.05) is 6.26 Å². The Bertz CT molecular complexity index is 743. The van der Waals surface area contributed by atoms with Crippen molar-refractivity contribution in [1.82, 2.24) is 14.5 Å².